The summed E-state index contributed by atoms with van der Waals surface area (Å²) in [5.41, 5.74) is 4.28. The van der Waals surface area contributed by atoms with Crippen LogP contribution in [-0.4, -0.2) is 77.5 Å². The molecule has 0 aromatic heterocycles. The van der Waals surface area contributed by atoms with Crippen molar-refractivity contribution >= 4 is 17.8 Å². The highest BCUT2D eigenvalue weighted by Gasteiger charge is 2.52. The lowest BCUT2D eigenvalue weighted by Crippen LogP contribution is -2.54. The van der Waals surface area contributed by atoms with Gasteiger partial charge in [-0.3, -0.25) is 24.8 Å². The number of hydrogen-bond donors (Lipinski definition) is 2. The second-order valence-corrected chi connectivity index (χ2v) is 9.96. The van der Waals surface area contributed by atoms with Crippen molar-refractivity contribution in [2.45, 2.75) is 51.1 Å². The van der Waals surface area contributed by atoms with Crippen LogP contribution >= 0.6 is 0 Å². The lowest BCUT2D eigenvalue weighted by Gasteiger charge is -2.34. The number of amides is 4. The number of hydrazine groups is 1. The monoisotopic (exact) mass is 455 g/mol. The number of imide groups is 1. The van der Waals surface area contributed by atoms with E-state index in [0.717, 1.165) is 69.4 Å². The summed E-state index contributed by atoms with van der Waals surface area (Å²) in [7, 11) is 0. The molecule has 1 spiro atoms. The van der Waals surface area contributed by atoms with E-state index in [4.69, 9.17) is 4.74 Å². The van der Waals surface area contributed by atoms with E-state index < -0.39 is 11.6 Å². The van der Waals surface area contributed by atoms with Crippen LogP contribution in [0.5, 0.6) is 5.75 Å². The summed E-state index contributed by atoms with van der Waals surface area (Å²) in [6.07, 6.45) is 4.03. The molecule has 0 atom stereocenters. The Kier molecular flexibility index (Phi) is 6.01. The van der Waals surface area contributed by atoms with Crippen molar-refractivity contribution in [3.63, 3.8) is 0 Å². The number of fused-ring (bicyclic) bond motifs is 1. The molecule has 4 amide bonds. The van der Waals surface area contributed by atoms with Gasteiger partial charge in [-0.05, 0) is 48.8 Å². The molecule has 0 radical (unpaired) electrons. The molecular weight excluding hydrogens is 422 g/mol. The van der Waals surface area contributed by atoms with Gasteiger partial charge in [0, 0.05) is 39.1 Å². The van der Waals surface area contributed by atoms with E-state index in [-0.39, 0.29) is 18.4 Å². The fourth-order valence-corrected chi connectivity index (χ4v) is 5.38. The lowest BCUT2D eigenvalue weighted by atomic mass is 9.77. The van der Waals surface area contributed by atoms with Gasteiger partial charge < -0.3 is 10.1 Å². The summed E-state index contributed by atoms with van der Waals surface area (Å²) in [6, 6.07) is 5.90. The van der Waals surface area contributed by atoms with E-state index in [1.807, 2.05) is 0 Å². The molecule has 3 fully saturated rings. The first-order valence-corrected chi connectivity index (χ1v) is 12.1. The lowest BCUT2D eigenvalue weighted by molar-refractivity contribution is -0.140. The first kappa shape index (κ1) is 22.2. The second-order valence-electron chi connectivity index (χ2n) is 9.96. The van der Waals surface area contributed by atoms with Crippen molar-refractivity contribution in [3.8, 4) is 5.75 Å². The van der Waals surface area contributed by atoms with Gasteiger partial charge in [0.15, 0.2) is 0 Å². The zero-order chi connectivity index (χ0) is 23.0. The third-order valence-corrected chi connectivity index (χ3v) is 7.52. The van der Waals surface area contributed by atoms with E-state index in [1.54, 1.807) is 0 Å². The molecule has 0 bridgehead atoms. The number of rotatable bonds is 5. The molecule has 1 aromatic rings. The quantitative estimate of drug-likeness (QED) is 0.650. The van der Waals surface area contributed by atoms with Crippen LogP contribution in [-0.2, 0) is 22.6 Å². The minimum absolute atomic E-state index is 0.172. The maximum atomic E-state index is 12.9. The molecule has 33 heavy (non-hydrogen) atoms. The van der Waals surface area contributed by atoms with Gasteiger partial charge in [-0.1, -0.05) is 19.1 Å². The average molecular weight is 456 g/mol. The fourth-order valence-electron chi connectivity index (χ4n) is 5.38. The van der Waals surface area contributed by atoms with Gasteiger partial charge in [-0.2, -0.15) is 5.01 Å². The molecule has 9 heteroatoms. The van der Waals surface area contributed by atoms with Gasteiger partial charge in [0.1, 0.15) is 11.3 Å². The van der Waals surface area contributed by atoms with Crippen molar-refractivity contribution in [2.75, 3.05) is 39.3 Å². The second kappa shape index (κ2) is 8.95. The third-order valence-electron chi connectivity index (χ3n) is 7.52. The first-order chi connectivity index (χ1) is 15.9. The van der Waals surface area contributed by atoms with Crippen LogP contribution in [0, 0.1) is 5.92 Å². The Bertz CT molecular complexity index is 935. The topological polar surface area (TPSA) is 94.2 Å². The Morgan fingerprint density at radius 1 is 1.15 bits per heavy atom. The van der Waals surface area contributed by atoms with Crippen molar-refractivity contribution in [2.24, 2.45) is 5.92 Å². The molecule has 1 aromatic carbocycles. The van der Waals surface area contributed by atoms with E-state index in [9.17, 15) is 14.4 Å². The molecule has 5 rings (SSSR count). The number of carbonyl (C=O) groups is 3. The summed E-state index contributed by atoms with van der Waals surface area (Å²) in [5, 5.41) is 3.73. The zero-order valence-electron chi connectivity index (χ0n) is 19.3. The van der Waals surface area contributed by atoms with Gasteiger partial charge >= 0.3 is 6.03 Å². The molecule has 178 valence electrons. The molecule has 4 aliphatic rings. The highest BCUT2D eigenvalue weighted by atomic mass is 16.5. The number of carbonyl (C=O) groups excluding carboxylic acids is 3. The number of benzene rings is 1. The van der Waals surface area contributed by atoms with Crippen LogP contribution in [0.2, 0.25) is 0 Å². The Morgan fingerprint density at radius 3 is 2.64 bits per heavy atom. The number of piperazine rings is 1. The van der Waals surface area contributed by atoms with Gasteiger partial charge in [-0.25, -0.2) is 4.79 Å². The van der Waals surface area contributed by atoms with Gasteiger partial charge in [0.05, 0.1) is 13.2 Å². The maximum absolute atomic E-state index is 12.9. The summed E-state index contributed by atoms with van der Waals surface area (Å²) >= 11 is 0. The van der Waals surface area contributed by atoms with Crippen molar-refractivity contribution in [1.29, 1.82) is 0 Å². The van der Waals surface area contributed by atoms with Crippen LogP contribution in [0.25, 0.3) is 0 Å². The molecule has 2 saturated heterocycles. The highest BCUT2D eigenvalue weighted by molar-refractivity contribution is 6.08. The Labute approximate surface area is 194 Å². The molecule has 0 unspecified atom stereocenters. The SMILES string of the molecule is CC1CCC2(CC1)NC(=O)N(NC(=O)CN1CCN(Cc3ccc4c(c3)CCO4)CC1)C2=O. The van der Waals surface area contributed by atoms with Crippen molar-refractivity contribution < 1.29 is 19.1 Å². The molecule has 9 nitrogen and oxygen atoms in total. The van der Waals surface area contributed by atoms with Crippen LogP contribution < -0.4 is 15.5 Å². The minimum atomic E-state index is -0.841. The van der Waals surface area contributed by atoms with E-state index in [1.165, 1.54) is 11.1 Å². The maximum Gasteiger partial charge on any atom is 0.344 e. The Morgan fingerprint density at radius 2 is 1.88 bits per heavy atom. The predicted molar refractivity (Wildman–Crippen MR) is 121 cm³/mol. The number of ether oxygens (including phenoxy) is 1. The average Bonchev–Trinajstić information content (AvgIpc) is 3.35. The van der Waals surface area contributed by atoms with E-state index in [0.29, 0.717) is 18.8 Å². The van der Waals surface area contributed by atoms with Crippen molar-refractivity contribution in [1.82, 2.24) is 25.6 Å². The fraction of sp³-hybridized carbons (Fsp3) is 0.625. The largest absolute Gasteiger partial charge is 0.493 e. The van der Waals surface area contributed by atoms with Gasteiger partial charge in [0.25, 0.3) is 11.8 Å². The van der Waals surface area contributed by atoms with E-state index >= 15 is 0 Å². The highest BCUT2D eigenvalue weighted by Crippen LogP contribution is 2.35. The number of hydrogen-bond acceptors (Lipinski definition) is 6. The Balaban J connectivity index is 1.08. The smallest absolute Gasteiger partial charge is 0.344 e. The van der Waals surface area contributed by atoms with Crippen LogP contribution in [0.4, 0.5) is 4.79 Å². The number of urea groups is 1. The van der Waals surface area contributed by atoms with Gasteiger partial charge in [0.2, 0.25) is 0 Å². The summed E-state index contributed by atoms with van der Waals surface area (Å²) in [4.78, 5) is 42.4. The summed E-state index contributed by atoms with van der Waals surface area (Å²) in [6.45, 7) is 7.25. The summed E-state index contributed by atoms with van der Waals surface area (Å²) in [5.74, 6) is 0.909. The standard InChI is InChI=1S/C24H33N5O4/c1-17-4-7-24(8-5-17)22(31)29(23(32)25-24)26-21(30)16-28-11-9-27(10-12-28)15-18-2-3-20-19(14-18)6-13-33-20/h2-3,14,17H,4-13,15-16H2,1H3,(H,25,32)(H,26,30). The number of nitrogens with zero attached hydrogens (tertiary/aromatic N) is 3. The minimum Gasteiger partial charge on any atom is -0.493 e. The first-order valence-electron chi connectivity index (χ1n) is 12.1. The van der Waals surface area contributed by atoms with Crippen LogP contribution in [0.3, 0.4) is 0 Å². The molecule has 2 N–H and O–H groups in total. The molecule has 1 saturated carbocycles. The van der Waals surface area contributed by atoms with Crippen molar-refractivity contribution in [3.05, 3.63) is 29.3 Å². The summed E-state index contributed by atoms with van der Waals surface area (Å²) < 4.78 is 5.58. The molecular formula is C24H33N5O4. The normalized spacial score (nSPS) is 28.0. The molecule has 3 heterocycles. The zero-order valence-corrected chi connectivity index (χ0v) is 19.3. The van der Waals surface area contributed by atoms with Crippen LogP contribution in [0.15, 0.2) is 18.2 Å². The Hall–Kier alpha value is -2.65. The van der Waals surface area contributed by atoms with E-state index in [2.05, 4.69) is 45.7 Å². The van der Waals surface area contributed by atoms with Gasteiger partial charge in [-0.15, -0.1) is 0 Å². The van der Waals surface area contributed by atoms with Crippen LogP contribution in [0.1, 0.15) is 43.7 Å². The number of nitrogens with one attached hydrogen (secondary N) is 2. The third kappa shape index (κ3) is 4.56. The molecule has 1 aliphatic carbocycles. The predicted octanol–water partition coefficient (Wildman–Crippen LogP) is 1.27. The molecule has 3 aliphatic heterocycles.